The summed E-state index contributed by atoms with van der Waals surface area (Å²) in [5.41, 5.74) is 0. The molecule has 0 amide bonds. The Morgan fingerprint density at radius 1 is 1.38 bits per heavy atom. The molecule has 0 spiro atoms. The van der Waals surface area contributed by atoms with Crippen LogP contribution in [0.4, 0.5) is 0 Å². The van der Waals surface area contributed by atoms with E-state index in [0.717, 1.165) is 25.7 Å². The van der Waals surface area contributed by atoms with E-state index in [2.05, 4.69) is 34.7 Å². The number of halogens is 1. The van der Waals surface area contributed by atoms with Crippen LogP contribution in [0.2, 0.25) is 0 Å². The van der Waals surface area contributed by atoms with Crippen molar-refractivity contribution < 1.29 is 9.53 Å². The summed E-state index contributed by atoms with van der Waals surface area (Å²) >= 11 is 2.38. The van der Waals surface area contributed by atoms with E-state index in [0.29, 0.717) is 3.92 Å². The number of esters is 1. The average molecular weight is 294 g/mol. The molecule has 0 aromatic rings. The largest absolute Gasteiger partial charge is 0.461 e. The minimum Gasteiger partial charge on any atom is -0.461 e. The van der Waals surface area contributed by atoms with Gasteiger partial charge >= 0.3 is 5.97 Å². The Labute approximate surface area is 92.9 Å². The summed E-state index contributed by atoms with van der Waals surface area (Å²) in [6, 6.07) is 0. The van der Waals surface area contributed by atoms with Crippen molar-refractivity contribution in [2.45, 2.75) is 42.6 Å². The van der Waals surface area contributed by atoms with Gasteiger partial charge in [-0.05, 0) is 25.7 Å². The Balaban J connectivity index is 2.48. The monoisotopic (exact) mass is 294 g/mol. The molecule has 0 fully saturated rings. The second-order valence-corrected chi connectivity index (χ2v) is 4.89. The van der Waals surface area contributed by atoms with Gasteiger partial charge in [0.1, 0.15) is 6.10 Å². The Bertz CT molecular complexity index is 201. The molecule has 2 unspecified atom stereocenters. The summed E-state index contributed by atoms with van der Waals surface area (Å²) in [7, 11) is 0. The van der Waals surface area contributed by atoms with Crippen LogP contribution in [0.15, 0.2) is 12.2 Å². The summed E-state index contributed by atoms with van der Waals surface area (Å²) < 4.78 is 5.72. The number of carbonyl (C=O) groups is 1. The van der Waals surface area contributed by atoms with Crippen molar-refractivity contribution in [3.63, 3.8) is 0 Å². The van der Waals surface area contributed by atoms with Gasteiger partial charge in [0.25, 0.3) is 0 Å². The quantitative estimate of drug-likeness (QED) is 0.322. The van der Waals surface area contributed by atoms with Gasteiger partial charge in [0.15, 0.2) is 0 Å². The molecule has 1 aliphatic rings. The molecular weight excluding hydrogens is 279 g/mol. The fourth-order valence-corrected chi connectivity index (χ4v) is 2.33. The lowest BCUT2D eigenvalue weighted by Gasteiger charge is -2.22. The molecule has 2 atom stereocenters. The van der Waals surface area contributed by atoms with Gasteiger partial charge in [-0.1, -0.05) is 34.7 Å². The number of alkyl halides is 1. The lowest BCUT2D eigenvalue weighted by atomic mass is 10.0. The molecule has 74 valence electrons. The van der Waals surface area contributed by atoms with Crippen molar-refractivity contribution in [1.82, 2.24) is 0 Å². The first kappa shape index (κ1) is 11.0. The maximum Gasteiger partial charge on any atom is 0.302 e. The highest BCUT2D eigenvalue weighted by Gasteiger charge is 2.21. The summed E-state index contributed by atoms with van der Waals surface area (Å²) in [4.78, 5) is 10.8. The van der Waals surface area contributed by atoms with E-state index in [4.69, 9.17) is 4.74 Å². The number of hydrogen-bond donors (Lipinski definition) is 0. The average Bonchev–Trinajstić information content (AvgIpc) is 2.04. The SMILES string of the molecule is CC(=O)OC1CC/C=C\CCC1I. The predicted octanol–water partition coefficient (Wildman–Crippen LogP) is 2.85. The normalized spacial score (nSPS) is 31.5. The Hall–Kier alpha value is -0.0600. The minimum absolute atomic E-state index is 0.114. The van der Waals surface area contributed by atoms with E-state index in [1.165, 1.54) is 6.92 Å². The number of hydrogen-bond acceptors (Lipinski definition) is 2. The Morgan fingerprint density at radius 3 is 2.62 bits per heavy atom. The summed E-state index contributed by atoms with van der Waals surface area (Å²) in [6.07, 6.45) is 8.71. The second kappa shape index (κ2) is 5.62. The van der Waals surface area contributed by atoms with Crippen molar-refractivity contribution in [3.05, 3.63) is 12.2 Å². The van der Waals surface area contributed by atoms with Crippen LogP contribution in [0.3, 0.4) is 0 Å². The summed E-state index contributed by atoms with van der Waals surface area (Å²) in [6.45, 7) is 1.48. The van der Waals surface area contributed by atoms with Gasteiger partial charge in [-0.25, -0.2) is 0 Å². The van der Waals surface area contributed by atoms with Gasteiger partial charge in [0, 0.05) is 10.8 Å². The molecule has 0 saturated carbocycles. The zero-order valence-corrected chi connectivity index (χ0v) is 9.99. The molecule has 2 nitrogen and oxygen atoms in total. The Kier molecular flexibility index (Phi) is 4.77. The fraction of sp³-hybridized carbons (Fsp3) is 0.700. The highest BCUT2D eigenvalue weighted by molar-refractivity contribution is 14.1. The maximum atomic E-state index is 10.8. The lowest BCUT2D eigenvalue weighted by molar-refractivity contribution is -0.146. The molecule has 0 aromatic heterocycles. The molecule has 1 rings (SSSR count). The third kappa shape index (κ3) is 4.11. The van der Waals surface area contributed by atoms with Gasteiger partial charge in [-0.2, -0.15) is 0 Å². The number of rotatable bonds is 1. The van der Waals surface area contributed by atoms with E-state index in [9.17, 15) is 4.79 Å². The molecule has 0 aromatic carbocycles. The van der Waals surface area contributed by atoms with Crippen molar-refractivity contribution in [1.29, 1.82) is 0 Å². The topological polar surface area (TPSA) is 26.3 Å². The molecule has 0 heterocycles. The third-order valence-electron chi connectivity index (χ3n) is 2.11. The van der Waals surface area contributed by atoms with Crippen molar-refractivity contribution in [2.24, 2.45) is 0 Å². The van der Waals surface area contributed by atoms with Crippen molar-refractivity contribution in [3.8, 4) is 0 Å². The number of carbonyl (C=O) groups excluding carboxylic acids is 1. The molecule has 0 radical (unpaired) electrons. The first-order chi connectivity index (χ1) is 6.20. The molecule has 0 bridgehead atoms. The van der Waals surface area contributed by atoms with Crippen molar-refractivity contribution >= 4 is 28.6 Å². The molecule has 3 heteroatoms. The zero-order chi connectivity index (χ0) is 9.68. The standard InChI is InChI=1S/C10H15IO2/c1-8(12)13-10-7-5-3-2-4-6-9(10)11/h2-3,9-10H,4-7H2,1H3/b3-2-. The van der Waals surface area contributed by atoms with E-state index in [-0.39, 0.29) is 12.1 Å². The van der Waals surface area contributed by atoms with E-state index >= 15 is 0 Å². The highest BCUT2D eigenvalue weighted by atomic mass is 127. The van der Waals surface area contributed by atoms with Crippen LogP contribution < -0.4 is 0 Å². The maximum absolute atomic E-state index is 10.8. The smallest absolute Gasteiger partial charge is 0.302 e. The van der Waals surface area contributed by atoms with E-state index in [1.807, 2.05) is 0 Å². The molecule has 13 heavy (non-hydrogen) atoms. The molecule has 0 aliphatic heterocycles. The summed E-state index contributed by atoms with van der Waals surface area (Å²) in [5, 5.41) is 0. The lowest BCUT2D eigenvalue weighted by Crippen LogP contribution is -2.26. The van der Waals surface area contributed by atoms with Crippen LogP contribution in [0, 0.1) is 0 Å². The summed E-state index contributed by atoms with van der Waals surface area (Å²) in [5.74, 6) is -0.156. The predicted molar refractivity (Wildman–Crippen MR) is 61.0 cm³/mol. The molecule has 0 saturated heterocycles. The Morgan fingerprint density at radius 2 is 2.00 bits per heavy atom. The van der Waals surface area contributed by atoms with Crippen LogP contribution in [0.25, 0.3) is 0 Å². The third-order valence-corrected chi connectivity index (χ3v) is 3.54. The second-order valence-electron chi connectivity index (χ2n) is 3.29. The first-order valence-corrected chi connectivity index (χ1v) is 5.91. The highest BCUT2D eigenvalue weighted by Crippen LogP contribution is 2.22. The fourth-order valence-electron chi connectivity index (χ4n) is 1.46. The molecular formula is C10H15IO2. The van der Waals surface area contributed by atoms with Crippen molar-refractivity contribution in [2.75, 3.05) is 0 Å². The van der Waals surface area contributed by atoms with Crippen LogP contribution in [0.5, 0.6) is 0 Å². The van der Waals surface area contributed by atoms with Crippen LogP contribution >= 0.6 is 22.6 Å². The van der Waals surface area contributed by atoms with Crippen LogP contribution in [0.1, 0.15) is 32.6 Å². The molecule has 0 N–H and O–H groups in total. The van der Waals surface area contributed by atoms with Crippen LogP contribution in [-0.4, -0.2) is 16.0 Å². The van der Waals surface area contributed by atoms with Gasteiger partial charge in [-0.3, -0.25) is 4.79 Å². The molecule has 1 aliphatic carbocycles. The van der Waals surface area contributed by atoms with Gasteiger partial charge in [0.2, 0.25) is 0 Å². The number of allylic oxidation sites excluding steroid dienone is 2. The van der Waals surface area contributed by atoms with E-state index < -0.39 is 0 Å². The van der Waals surface area contributed by atoms with Gasteiger partial charge < -0.3 is 4.74 Å². The first-order valence-electron chi connectivity index (χ1n) is 4.66. The van der Waals surface area contributed by atoms with Gasteiger partial charge in [0.05, 0.1) is 0 Å². The van der Waals surface area contributed by atoms with Gasteiger partial charge in [-0.15, -0.1) is 0 Å². The zero-order valence-electron chi connectivity index (χ0n) is 7.83. The minimum atomic E-state index is -0.156. The van der Waals surface area contributed by atoms with E-state index in [1.54, 1.807) is 0 Å². The van der Waals surface area contributed by atoms with Crippen LogP contribution in [-0.2, 0) is 9.53 Å². The number of ether oxygens (including phenoxy) is 1.